The molecule has 0 bridgehead atoms. The van der Waals surface area contributed by atoms with Gasteiger partial charge in [-0.1, -0.05) is 13.8 Å². The van der Waals surface area contributed by atoms with Crippen LogP contribution in [0, 0.1) is 0 Å². The van der Waals surface area contributed by atoms with Gasteiger partial charge in [0, 0.05) is 0 Å². The average Bonchev–Trinajstić information content (AvgIpc) is 2.41. The fourth-order valence-corrected chi connectivity index (χ4v) is 1.46. The van der Waals surface area contributed by atoms with Crippen molar-refractivity contribution in [2.75, 3.05) is 5.73 Å². The Hall–Kier alpha value is -1.52. The highest BCUT2D eigenvalue weighted by atomic mass is 16.4. The Kier molecular flexibility index (Phi) is 3.11. The van der Waals surface area contributed by atoms with Crippen molar-refractivity contribution in [3.8, 4) is 0 Å². The SMILES string of the molecule is CCc1nn(CC(=O)O)c(CC)c1N. The largest absolute Gasteiger partial charge is 0.480 e. The summed E-state index contributed by atoms with van der Waals surface area (Å²) in [6.45, 7) is 3.77. The number of aryl methyl sites for hydroxylation is 1. The van der Waals surface area contributed by atoms with Gasteiger partial charge in [-0.2, -0.15) is 5.10 Å². The lowest BCUT2D eigenvalue weighted by atomic mass is 10.2. The minimum atomic E-state index is -0.898. The molecule has 0 saturated carbocycles. The Morgan fingerprint density at radius 2 is 2.14 bits per heavy atom. The lowest BCUT2D eigenvalue weighted by molar-refractivity contribution is -0.137. The van der Waals surface area contributed by atoms with Crippen LogP contribution in [-0.4, -0.2) is 20.9 Å². The first kappa shape index (κ1) is 10.6. The zero-order valence-corrected chi connectivity index (χ0v) is 8.45. The molecule has 0 aliphatic carbocycles. The average molecular weight is 197 g/mol. The third kappa shape index (κ3) is 1.86. The van der Waals surface area contributed by atoms with Crippen molar-refractivity contribution in [2.45, 2.75) is 33.2 Å². The van der Waals surface area contributed by atoms with Crippen LogP contribution in [0.25, 0.3) is 0 Å². The summed E-state index contributed by atoms with van der Waals surface area (Å²) < 4.78 is 1.47. The van der Waals surface area contributed by atoms with Crippen LogP contribution in [0.2, 0.25) is 0 Å². The standard InChI is InChI=1S/C9H15N3O2/c1-3-6-9(10)7(4-2)12(11-6)5-8(13)14/h3-5,10H2,1-2H3,(H,13,14). The first-order valence-corrected chi connectivity index (χ1v) is 4.65. The van der Waals surface area contributed by atoms with Crippen LogP contribution in [0.1, 0.15) is 25.2 Å². The molecule has 0 amide bonds. The molecule has 5 nitrogen and oxygen atoms in total. The van der Waals surface area contributed by atoms with Crippen LogP contribution in [-0.2, 0) is 24.2 Å². The maximum absolute atomic E-state index is 10.5. The van der Waals surface area contributed by atoms with Gasteiger partial charge < -0.3 is 10.8 Å². The van der Waals surface area contributed by atoms with Gasteiger partial charge in [-0.25, -0.2) is 0 Å². The van der Waals surface area contributed by atoms with Crippen LogP contribution in [0.3, 0.4) is 0 Å². The molecule has 0 fully saturated rings. The highest BCUT2D eigenvalue weighted by molar-refractivity contribution is 5.67. The first-order chi connectivity index (χ1) is 6.60. The molecule has 0 aliphatic rings. The van der Waals surface area contributed by atoms with E-state index in [0.29, 0.717) is 12.1 Å². The minimum absolute atomic E-state index is 0.118. The fraction of sp³-hybridized carbons (Fsp3) is 0.556. The third-order valence-electron chi connectivity index (χ3n) is 2.13. The first-order valence-electron chi connectivity index (χ1n) is 4.65. The number of carboxylic acid groups (broad SMARTS) is 1. The van der Waals surface area contributed by atoms with Gasteiger partial charge in [0.1, 0.15) is 6.54 Å². The Bertz CT molecular complexity index is 344. The summed E-state index contributed by atoms with van der Waals surface area (Å²) in [5.74, 6) is -0.898. The number of hydrogen-bond acceptors (Lipinski definition) is 3. The van der Waals surface area contributed by atoms with Crippen LogP contribution in [0.4, 0.5) is 5.69 Å². The van der Waals surface area contributed by atoms with E-state index in [1.165, 1.54) is 4.68 Å². The summed E-state index contributed by atoms with van der Waals surface area (Å²) in [7, 11) is 0. The van der Waals surface area contributed by atoms with Crippen LogP contribution >= 0.6 is 0 Å². The molecule has 1 heterocycles. The molecule has 1 aromatic heterocycles. The van der Waals surface area contributed by atoms with Gasteiger partial charge in [-0.15, -0.1) is 0 Å². The van der Waals surface area contributed by atoms with E-state index >= 15 is 0 Å². The van der Waals surface area contributed by atoms with Crippen molar-refractivity contribution < 1.29 is 9.90 Å². The van der Waals surface area contributed by atoms with Crippen molar-refractivity contribution in [1.29, 1.82) is 0 Å². The number of carbonyl (C=O) groups is 1. The molecule has 3 N–H and O–H groups in total. The summed E-state index contributed by atoms with van der Waals surface area (Å²) in [5, 5.41) is 12.8. The maximum atomic E-state index is 10.5. The second kappa shape index (κ2) is 4.13. The number of nitrogen functional groups attached to an aromatic ring is 1. The summed E-state index contributed by atoms with van der Waals surface area (Å²) in [6.07, 6.45) is 1.43. The molecule has 1 rings (SSSR count). The van der Waals surface area contributed by atoms with Gasteiger partial charge in [0.05, 0.1) is 17.1 Å². The van der Waals surface area contributed by atoms with E-state index in [1.807, 2.05) is 13.8 Å². The van der Waals surface area contributed by atoms with Gasteiger partial charge in [-0.3, -0.25) is 9.48 Å². The predicted molar refractivity (Wildman–Crippen MR) is 53.0 cm³/mol. The molecule has 1 aromatic rings. The second-order valence-corrected chi connectivity index (χ2v) is 3.07. The predicted octanol–water partition coefficient (Wildman–Crippen LogP) is 0.675. The van der Waals surface area contributed by atoms with E-state index in [0.717, 1.165) is 17.8 Å². The van der Waals surface area contributed by atoms with Gasteiger partial charge in [0.2, 0.25) is 0 Å². The highest BCUT2D eigenvalue weighted by Crippen LogP contribution is 2.18. The van der Waals surface area contributed by atoms with Gasteiger partial charge in [0.25, 0.3) is 0 Å². The van der Waals surface area contributed by atoms with Gasteiger partial charge >= 0.3 is 5.97 Å². The summed E-state index contributed by atoms with van der Waals surface area (Å²) in [5.41, 5.74) is 8.05. The number of hydrogen-bond donors (Lipinski definition) is 2. The van der Waals surface area contributed by atoms with Gasteiger partial charge in [-0.05, 0) is 12.8 Å². The lowest BCUT2D eigenvalue weighted by Gasteiger charge is -2.01. The number of aliphatic carboxylic acids is 1. The normalized spacial score (nSPS) is 10.4. The Morgan fingerprint density at radius 3 is 2.57 bits per heavy atom. The molecule has 0 aliphatic heterocycles. The molecule has 14 heavy (non-hydrogen) atoms. The second-order valence-electron chi connectivity index (χ2n) is 3.07. The minimum Gasteiger partial charge on any atom is -0.480 e. The third-order valence-corrected chi connectivity index (χ3v) is 2.13. The number of carboxylic acids is 1. The summed E-state index contributed by atoms with van der Waals surface area (Å²) in [6, 6.07) is 0. The molecular weight excluding hydrogens is 182 g/mol. The molecule has 0 spiro atoms. The Morgan fingerprint density at radius 1 is 1.50 bits per heavy atom. The van der Waals surface area contributed by atoms with Crippen LogP contribution in [0.5, 0.6) is 0 Å². The van der Waals surface area contributed by atoms with Crippen molar-refractivity contribution in [3.05, 3.63) is 11.4 Å². The summed E-state index contributed by atoms with van der Waals surface area (Å²) in [4.78, 5) is 10.5. The maximum Gasteiger partial charge on any atom is 0.325 e. The molecule has 5 heteroatoms. The topological polar surface area (TPSA) is 81.1 Å². The number of anilines is 1. The van der Waals surface area contributed by atoms with E-state index in [4.69, 9.17) is 10.8 Å². The van der Waals surface area contributed by atoms with Crippen LogP contribution < -0.4 is 5.73 Å². The monoisotopic (exact) mass is 197 g/mol. The quantitative estimate of drug-likeness (QED) is 0.743. The Labute approximate surface area is 82.5 Å². The summed E-state index contributed by atoms with van der Waals surface area (Å²) >= 11 is 0. The zero-order chi connectivity index (χ0) is 10.7. The molecule has 0 atom stereocenters. The molecule has 78 valence electrons. The number of nitrogens with zero attached hydrogens (tertiary/aromatic N) is 2. The number of nitrogens with two attached hydrogens (primary N) is 1. The number of aromatic nitrogens is 2. The van der Waals surface area contributed by atoms with E-state index in [-0.39, 0.29) is 6.54 Å². The number of rotatable bonds is 4. The molecule has 0 radical (unpaired) electrons. The fourth-order valence-electron chi connectivity index (χ4n) is 1.46. The molecule has 0 aromatic carbocycles. The Balaban J connectivity index is 3.08. The van der Waals surface area contributed by atoms with Gasteiger partial charge in [0.15, 0.2) is 0 Å². The molecular formula is C9H15N3O2. The van der Waals surface area contributed by atoms with Crippen molar-refractivity contribution >= 4 is 11.7 Å². The molecule has 0 unspecified atom stereocenters. The van der Waals surface area contributed by atoms with Crippen molar-refractivity contribution in [1.82, 2.24) is 9.78 Å². The van der Waals surface area contributed by atoms with E-state index in [1.54, 1.807) is 0 Å². The smallest absolute Gasteiger partial charge is 0.325 e. The van der Waals surface area contributed by atoms with Crippen molar-refractivity contribution in [2.24, 2.45) is 0 Å². The van der Waals surface area contributed by atoms with E-state index in [2.05, 4.69) is 5.10 Å². The zero-order valence-electron chi connectivity index (χ0n) is 8.45. The lowest BCUT2D eigenvalue weighted by Crippen LogP contribution is -2.13. The van der Waals surface area contributed by atoms with Crippen molar-refractivity contribution in [3.63, 3.8) is 0 Å². The molecule has 0 saturated heterocycles. The van der Waals surface area contributed by atoms with E-state index in [9.17, 15) is 4.79 Å². The highest BCUT2D eigenvalue weighted by Gasteiger charge is 2.13. The van der Waals surface area contributed by atoms with Crippen LogP contribution in [0.15, 0.2) is 0 Å². The van der Waals surface area contributed by atoms with E-state index < -0.39 is 5.97 Å².